The Balaban J connectivity index is 1.82. The van der Waals surface area contributed by atoms with Gasteiger partial charge in [-0.05, 0) is 42.5 Å². The number of aliphatic hydroxyl groups excluding tert-OH is 2. The molecule has 0 saturated carbocycles. The molecular weight excluding hydrogens is 439 g/mol. The molecule has 3 aromatic rings. The minimum absolute atomic E-state index is 0.00512. The molecule has 2 aromatic carbocycles. The number of halogens is 2. The lowest BCUT2D eigenvalue weighted by atomic mass is 10.1. The van der Waals surface area contributed by atoms with Crippen molar-refractivity contribution < 1.29 is 24.5 Å². The average Bonchev–Trinajstić information content (AvgIpc) is 2.79. The molecule has 1 amide bonds. The summed E-state index contributed by atoms with van der Waals surface area (Å²) in [6, 6.07) is 12.8. The molecule has 1 unspecified atom stereocenters. The molecule has 32 heavy (non-hydrogen) atoms. The van der Waals surface area contributed by atoms with Crippen LogP contribution in [0.25, 0.3) is 11.3 Å². The van der Waals surface area contributed by atoms with Gasteiger partial charge >= 0.3 is 0 Å². The molecule has 0 bridgehead atoms. The van der Waals surface area contributed by atoms with Crippen LogP contribution in [-0.4, -0.2) is 38.9 Å². The summed E-state index contributed by atoms with van der Waals surface area (Å²) in [4.78, 5) is 15.9. The molecule has 168 valence electrons. The highest BCUT2D eigenvalue weighted by molar-refractivity contribution is 6.30. The van der Waals surface area contributed by atoms with Crippen molar-refractivity contribution in [1.29, 1.82) is 0 Å². The van der Waals surface area contributed by atoms with Crippen molar-refractivity contribution in [1.82, 2.24) is 10.3 Å². The van der Waals surface area contributed by atoms with Gasteiger partial charge in [0.1, 0.15) is 18.2 Å². The van der Waals surface area contributed by atoms with Gasteiger partial charge in [0, 0.05) is 39.6 Å². The molecule has 0 fully saturated rings. The Bertz CT molecular complexity index is 1130. The van der Waals surface area contributed by atoms with Crippen LogP contribution in [-0.2, 0) is 18.0 Å². The van der Waals surface area contributed by atoms with Gasteiger partial charge in [-0.15, -0.1) is 0 Å². The van der Waals surface area contributed by atoms with E-state index in [1.807, 2.05) is 0 Å². The van der Waals surface area contributed by atoms with Crippen molar-refractivity contribution in [2.75, 3.05) is 17.7 Å². The molecule has 0 spiro atoms. The number of nitrogens with zero attached hydrogens (tertiary/aromatic N) is 1. The van der Waals surface area contributed by atoms with E-state index < -0.39 is 25.3 Å². The van der Waals surface area contributed by atoms with E-state index >= 15 is 0 Å². The van der Waals surface area contributed by atoms with Gasteiger partial charge in [0.15, 0.2) is 6.10 Å². The number of hydrogen-bond acceptors (Lipinski definition) is 7. The number of amides is 1. The van der Waals surface area contributed by atoms with Gasteiger partial charge in [-0.2, -0.15) is 0 Å². The number of aliphatic hydroxyl groups is 2. The number of benzene rings is 2. The normalized spacial score (nSPS) is 11.8. The maximum atomic E-state index is 13.3. The second-order valence-electron chi connectivity index (χ2n) is 6.95. The summed E-state index contributed by atoms with van der Waals surface area (Å²) in [6.45, 7) is -1.38. The summed E-state index contributed by atoms with van der Waals surface area (Å²) in [6.07, 6.45) is -1.52. The number of nitrogens with two attached hydrogens (primary N) is 1. The number of rotatable bonds is 8. The third-order valence-electron chi connectivity index (χ3n) is 4.70. The van der Waals surface area contributed by atoms with E-state index in [9.17, 15) is 19.4 Å². The molecule has 0 aliphatic heterocycles. The van der Waals surface area contributed by atoms with Crippen LogP contribution in [0.1, 0.15) is 11.1 Å². The predicted octanol–water partition coefficient (Wildman–Crippen LogP) is 2.87. The van der Waals surface area contributed by atoms with Crippen LogP contribution in [0.5, 0.6) is 5.75 Å². The molecule has 1 aromatic heterocycles. The molecule has 1 heterocycles. The molecule has 8 nitrogen and oxygen atoms in total. The lowest BCUT2D eigenvalue weighted by molar-refractivity contribution is -0.131. The van der Waals surface area contributed by atoms with E-state index in [0.29, 0.717) is 38.8 Å². The summed E-state index contributed by atoms with van der Waals surface area (Å²) >= 11 is 5.92. The standard InChI is InChI=1S/C22H22ClFN4O4/c23-14-2-5-17(13(7-14)9-24)27-15-3-6-19(30)16(8-15)18-4-1-12(21(25)28-18)10-26-22(32)20(31)11-29/h1-8,20,27,29-31H,9-11H2,(H2,25,28)(H,26,32). The number of alkyl halides is 1. The van der Waals surface area contributed by atoms with Crippen molar-refractivity contribution in [3.63, 3.8) is 0 Å². The zero-order valence-corrected chi connectivity index (χ0v) is 17.6. The van der Waals surface area contributed by atoms with E-state index in [4.69, 9.17) is 22.4 Å². The van der Waals surface area contributed by atoms with Crippen LogP contribution in [0, 0.1) is 0 Å². The number of nitrogen functional groups attached to an aromatic ring is 1. The van der Waals surface area contributed by atoms with E-state index in [1.54, 1.807) is 36.4 Å². The van der Waals surface area contributed by atoms with Crippen LogP contribution in [0.2, 0.25) is 5.02 Å². The number of phenols is 1. The first-order chi connectivity index (χ1) is 15.3. The number of carbonyl (C=O) groups is 1. The van der Waals surface area contributed by atoms with Gasteiger partial charge < -0.3 is 31.7 Å². The number of aromatic nitrogens is 1. The molecule has 0 radical (unpaired) electrons. The van der Waals surface area contributed by atoms with Crippen LogP contribution < -0.4 is 16.4 Å². The van der Waals surface area contributed by atoms with E-state index in [-0.39, 0.29) is 18.1 Å². The first-order valence-corrected chi connectivity index (χ1v) is 9.97. The molecule has 1 atom stereocenters. The monoisotopic (exact) mass is 460 g/mol. The second kappa shape index (κ2) is 10.3. The van der Waals surface area contributed by atoms with Gasteiger partial charge in [0.25, 0.3) is 5.91 Å². The largest absolute Gasteiger partial charge is 0.507 e. The zero-order valence-electron chi connectivity index (χ0n) is 16.8. The Morgan fingerprint density at radius 2 is 1.94 bits per heavy atom. The summed E-state index contributed by atoms with van der Waals surface area (Å²) < 4.78 is 13.3. The van der Waals surface area contributed by atoms with Gasteiger partial charge in [0.05, 0.1) is 12.3 Å². The topological polar surface area (TPSA) is 141 Å². The number of carbonyl (C=O) groups excluding carboxylic acids is 1. The fraction of sp³-hybridized carbons (Fsp3) is 0.182. The average molecular weight is 461 g/mol. The smallest absolute Gasteiger partial charge is 0.251 e. The number of hydrogen-bond donors (Lipinski definition) is 6. The van der Waals surface area contributed by atoms with Crippen molar-refractivity contribution in [2.24, 2.45) is 0 Å². The third kappa shape index (κ3) is 5.44. The first kappa shape index (κ1) is 23.3. The second-order valence-corrected chi connectivity index (χ2v) is 7.39. The molecule has 0 aliphatic carbocycles. The minimum atomic E-state index is -1.52. The molecular formula is C22H22ClFN4O4. The van der Waals surface area contributed by atoms with Gasteiger partial charge in [-0.25, -0.2) is 9.37 Å². The highest BCUT2D eigenvalue weighted by Crippen LogP contribution is 2.33. The zero-order chi connectivity index (χ0) is 23.3. The molecule has 0 aliphatic rings. The van der Waals surface area contributed by atoms with Crippen LogP contribution in [0.3, 0.4) is 0 Å². The van der Waals surface area contributed by atoms with Crippen molar-refractivity contribution in [3.8, 4) is 17.0 Å². The van der Waals surface area contributed by atoms with Gasteiger partial charge in [-0.1, -0.05) is 17.7 Å². The Labute approximate surface area is 188 Å². The maximum Gasteiger partial charge on any atom is 0.251 e. The molecule has 3 rings (SSSR count). The van der Waals surface area contributed by atoms with Crippen LogP contribution >= 0.6 is 11.6 Å². The minimum Gasteiger partial charge on any atom is -0.507 e. The number of aromatic hydroxyl groups is 1. The molecule has 0 saturated heterocycles. The van der Waals surface area contributed by atoms with Crippen LogP contribution in [0.15, 0.2) is 48.5 Å². The number of nitrogens with one attached hydrogen (secondary N) is 2. The fourth-order valence-corrected chi connectivity index (χ4v) is 3.15. The Morgan fingerprint density at radius 3 is 2.62 bits per heavy atom. The lowest BCUT2D eigenvalue weighted by Crippen LogP contribution is -2.36. The summed E-state index contributed by atoms with van der Waals surface area (Å²) in [5.74, 6) is -0.643. The van der Waals surface area contributed by atoms with E-state index in [0.717, 1.165) is 0 Å². The fourth-order valence-electron chi connectivity index (χ4n) is 2.96. The van der Waals surface area contributed by atoms with Gasteiger partial charge in [-0.3, -0.25) is 4.79 Å². The van der Waals surface area contributed by atoms with Crippen molar-refractivity contribution in [3.05, 3.63) is 64.7 Å². The first-order valence-electron chi connectivity index (χ1n) is 9.59. The lowest BCUT2D eigenvalue weighted by Gasteiger charge is -2.14. The summed E-state index contributed by atoms with van der Waals surface area (Å²) in [5.41, 5.74) is 8.79. The third-order valence-corrected chi connectivity index (χ3v) is 4.94. The van der Waals surface area contributed by atoms with E-state index in [2.05, 4.69) is 15.6 Å². The van der Waals surface area contributed by atoms with Crippen molar-refractivity contribution >= 4 is 34.7 Å². The van der Waals surface area contributed by atoms with Crippen LogP contribution in [0.4, 0.5) is 21.6 Å². The maximum absolute atomic E-state index is 13.3. The quantitative estimate of drug-likeness (QED) is 0.284. The highest BCUT2D eigenvalue weighted by atomic mass is 35.5. The summed E-state index contributed by atoms with van der Waals surface area (Å²) in [5, 5.41) is 34.4. The van der Waals surface area contributed by atoms with E-state index in [1.165, 1.54) is 12.1 Å². The van der Waals surface area contributed by atoms with Gasteiger partial charge in [0.2, 0.25) is 0 Å². The predicted molar refractivity (Wildman–Crippen MR) is 120 cm³/mol. The Kier molecular flexibility index (Phi) is 7.47. The van der Waals surface area contributed by atoms with Crippen molar-refractivity contribution in [2.45, 2.75) is 19.3 Å². The number of anilines is 3. The Morgan fingerprint density at radius 1 is 1.16 bits per heavy atom. The summed E-state index contributed by atoms with van der Waals surface area (Å²) in [7, 11) is 0. The number of phenolic OH excluding ortho intramolecular Hbond substituents is 1. The number of pyridine rings is 1. The highest BCUT2D eigenvalue weighted by Gasteiger charge is 2.15. The SMILES string of the molecule is Nc1nc(-c2cc(Nc3ccc(Cl)cc3CF)ccc2O)ccc1CNC(=O)C(O)CO. The molecule has 7 N–H and O–H groups in total. The molecule has 10 heteroatoms. The Hall–Kier alpha value is -3.40.